The number of H-pyrrole nitrogens is 1. The number of amides is 1. The van der Waals surface area contributed by atoms with Crippen molar-refractivity contribution < 1.29 is 14.7 Å². The molecule has 1 atom stereocenters. The fourth-order valence-corrected chi connectivity index (χ4v) is 2.07. The van der Waals surface area contributed by atoms with E-state index in [2.05, 4.69) is 20.5 Å². The number of aromatic nitrogens is 2. The van der Waals surface area contributed by atoms with Gasteiger partial charge >= 0.3 is 5.97 Å². The predicted octanol–water partition coefficient (Wildman–Crippen LogP) is 1.55. The summed E-state index contributed by atoms with van der Waals surface area (Å²) in [4.78, 5) is 26.8. The van der Waals surface area contributed by atoms with Crippen molar-refractivity contribution in [3.05, 3.63) is 41.6 Å². The normalized spacial score (nSPS) is 17.2. The van der Waals surface area contributed by atoms with Gasteiger partial charge in [0, 0.05) is 11.9 Å². The average molecular weight is 270 g/mol. The summed E-state index contributed by atoms with van der Waals surface area (Å²) in [5.41, 5.74) is 1.53. The first-order chi connectivity index (χ1) is 9.66. The topological polar surface area (TPSA) is 107 Å². The third-order valence-electron chi connectivity index (χ3n) is 3.04. The maximum absolute atomic E-state index is 11.9. The van der Waals surface area contributed by atoms with Crippen LogP contribution in [0.4, 0.5) is 11.5 Å². The van der Waals surface area contributed by atoms with Crippen LogP contribution < -0.4 is 5.32 Å². The van der Waals surface area contributed by atoms with Gasteiger partial charge in [0.05, 0.1) is 6.20 Å². The molecule has 7 heteroatoms. The number of aliphatic imine (C=N–C) groups is 1. The van der Waals surface area contributed by atoms with Crippen LogP contribution in [0.15, 0.2) is 35.5 Å². The van der Waals surface area contributed by atoms with Gasteiger partial charge in [-0.25, -0.2) is 9.79 Å². The van der Waals surface area contributed by atoms with Crippen molar-refractivity contribution in [2.75, 3.05) is 5.32 Å². The number of carbonyl (C=O) groups excluding carboxylic acids is 1. The Bertz CT molecular complexity index is 720. The predicted molar refractivity (Wildman–Crippen MR) is 71.5 cm³/mol. The summed E-state index contributed by atoms with van der Waals surface area (Å²) in [5.74, 6) is -1.72. The van der Waals surface area contributed by atoms with Gasteiger partial charge in [0.1, 0.15) is 11.5 Å². The maximum atomic E-state index is 11.9. The van der Waals surface area contributed by atoms with E-state index in [0.717, 1.165) is 11.3 Å². The molecule has 1 aliphatic heterocycles. The number of nitrogens with zero attached hydrogens (tertiary/aromatic N) is 2. The molecule has 1 amide bonds. The van der Waals surface area contributed by atoms with Gasteiger partial charge in [0.25, 0.3) is 0 Å². The number of carbonyl (C=O) groups is 2. The lowest BCUT2D eigenvalue weighted by molar-refractivity contribution is -0.115. The maximum Gasteiger partial charge on any atom is 0.341 e. The zero-order valence-electron chi connectivity index (χ0n) is 10.2. The van der Waals surface area contributed by atoms with Gasteiger partial charge in [-0.2, -0.15) is 5.10 Å². The number of rotatable bonds is 3. The van der Waals surface area contributed by atoms with Gasteiger partial charge < -0.3 is 10.4 Å². The molecule has 1 aliphatic rings. The lowest BCUT2D eigenvalue weighted by atomic mass is 10.0. The van der Waals surface area contributed by atoms with Gasteiger partial charge in [0.15, 0.2) is 5.82 Å². The molecule has 0 radical (unpaired) electrons. The van der Waals surface area contributed by atoms with Crippen molar-refractivity contribution in [1.82, 2.24) is 10.2 Å². The van der Waals surface area contributed by atoms with Crippen molar-refractivity contribution in [1.29, 1.82) is 0 Å². The second kappa shape index (κ2) is 4.61. The van der Waals surface area contributed by atoms with E-state index < -0.39 is 11.9 Å². The SMILES string of the molecule is O=C(O)c1cn[nH]c1N=CC1C(=O)Nc2ccccc21. The molecule has 0 fully saturated rings. The molecule has 20 heavy (non-hydrogen) atoms. The number of hydrogen-bond acceptors (Lipinski definition) is 4. The Morgan fingerprint density at radius 3 is 3.00 bits per heavy atom. The molecule has 100 valence electrons. The van der Waals surface area contributed by atoms with E-state index in [9.17, 15) is 9.59 Å². The Labute approximate surface area is 113 Å². The van der Waals surface area contributed by atoms with Crippen LogP contribution in [0.1, 0.15) is 21.8 Å². The highest BCUT2D eigenvalue weighted by Crippen LogP contribution is 2.31. The first-order valence-electron chi connectivity index (χ1n) is 5.87. The zero-order chi connectivity index (χ0) is 14.1. The number of carboxylic acids is 1. The van der Waals surface area contributed by atoms with Crippen LogP contribution in [-0.2, 0) is 4.79 Å². The highest BCUT2D eigenvalue weighted by molar-refractivity contribution is 6.12. The molecule has 0 saturated carbocycles. The van der Waals surface area contributed by atoms with Crippen molar-refractivity contribution in [3.63, 3.8) is 0 Å². The van der Waals surface area contributed by atoms with Crippen LogP contribution in [0.25, 0.3) is 0 Å². The van der Waals surface area contributed by atoms with Crippen LogP contribution in [0, 0.1) is 0 Å². The minimum atomic E-state index is -1.12. The number of anilines is 1. The molecule has 3 N–H and O–H groups in total. The molecule has 2 aromatic rings. The van der Waals surface area contributed by atoms with E-state index in [1.54, 1.807) is 6.07 Å². The Hall–Kier alpha value is -2.96. The quantitative estimate of drug-likeness (QED) is 0.735. The molecular weight excluding hydrogens is 260 g/mol. The fraction of sp³-hybridized carbons (Fsp3) is 0.0769. The van der Waals surface area contributed by atoms with Gasteiger partial charge in [-0.1, -0.05) is 18.2 Å². The number of nitrogens with one attached hydrogen (secondary N) is 2. The van der Waals surface area contributed by atoms with Crippen molar-refractivity contribution in [3.8, 4) is 0 Å². The summed E-state index contributed by atoms with van der Waals surface area (Å²) in [5, 5.41) is 17.8. The first kappa shape index (κ1) is 12.1. The van der Waals surface area contributed by atoms with Crippen molar-refractivity contribution >= 4 is 29.6 Å². The minimum absolute atomic E-state index is 0.0343. The minimum Gasteiger partial charge on any atom is -0.477 e. The lowest BCUT2D eigenvalue weighted by Crippen LogP contribution is -2.12. The van der Waals surface area contributed by atoms with Crippen LogP contribution in [0.3, 0.4) is 0 Å². The van der Waals surface area contributed by atoms with E-state index >= 15 is 0 Å². The molecule has 1 aromatic heterocycles. The Kier molecular flexibility index (Phi) is 2.79. The van der Waals surface area contributed by atoms with Gasteiger partial charge in [-0.15, -0.1) is 0 Å². The van der Waals surface area contributed by atoms with E-state index in [-0.39, 0.29) is 17.3 Å². The second-order valence-corrected chi connectivity index (χ2v) is 4.27. The molecule has 0 spiro atoms. The Morgan fingerprint density at radius 2 is 2.20 bits per heavy atom. The van der Waals surface area contributed by atoms with Crippen LogP contribution >= 0.6 is 0 Å². The first-order valence-corrected chi connectivity index (χ1v) is 5.87. The molecule has 1 unspecified atom stereocenters. The molecule has 3 rings (SSSR count). The summed E-state index contributed by atoms with van der Waals surface area (Å²) in [6.45, 7) is 0. The molecule has 0 bridgehead atoms. The summed E-state index contributed by atoms with van der Waals surface area (Å²) in [6.07, 6.45) is 2.60. The van der Waals surface area contributed by atoms with Crippen LogP contribution in [-0.4, -0.2) is 33.4 Å². The van der Waals surface area contributed by atoms with Gasteiger partial charge in [0.2, 0.25) is 5.91 Å². The van der Waals surface area contributed by atoms with Crippen LogP contribution in [0.2, 0.25) is 0 Å². The number of carboxylic acid groups (broad SMARTS) is 1. The zero-order valence-corrected chi connectivity index (χ0v) is 10.2. The molecule has 2 heterocycles. The molecule has 1 aromatic carbocycles. The van der Waals surface area contributed by atoms with Gasteiger partial charge in [-0.05, 0) is 11.6 Å². The van der Waals surface area contributed by atoms with Gasteiger partial charge in [-0.3, -0.25) is 9.89 Å². The Morgan fingerprint density at radius 1 is 1.40 bits per heavy atom. The summed E-state index contributed by atoms with van der Waals surface area (Å²) in [6, 6.07) is 7.30. The molecule has 0 saturated heterocycles. The van der Waals surface area contributed by atoms with Crippen LogP contribution in [0.5, 0.6) is 0 Å². The largest absolute Gasteiger partial charge is 0.477 e. The number of benzene rings is 1. The Balaban J connectivity index is 1.91. The number of para-hydroxylation sites is 1. The molecule has 7 nitrogen and oxygen atoms in total. The number of aromatic amines is 1. The summed E-state index contributed by atoms with van der Waals surface area (Å²) >= 11 is 0. The molecular formula is C13H10N4O3. The third-order valence-corrected chi connectivity index (χ3v) is 3.04. The fourth-order valence-electron chi connectivity index (χ4n) is 2.07. The highest BCUT2D eigenvalue weighted by atomic mass is 16.4. The average Bonchev–Trinajstić information content (AvgIpc) is 3.00. The third kappa shape index (κ3) is 1.95. The monoisotopic (exact) mass is 270 g/mol. The number of aromatic carboxylic acids is 1. The van der Waals surface area contributed by atoms with Crippen molar-refractivity contribution in [2.24, 2.45) is 4.99 Å². The van der Waals surface area contributed by atoms with E-state index in [1.165, 1.54) is 12.4 Å². The smallest absolute Gasteiger partial charge is 0.341 e. The number of hydrogen-bond donors (Lipinski definition) is 3. The second-order valence-electron chi connectivity index (χ2n) is 4.27. The highest BCUT2D eigenvalue weighted by Gasteiger charge is 2.28. The standard InChI is InChI=1S/C13H10N4O3/c18-12-8(7-3-1-2-4-10(7)16-12)5-14-11-9(13(19)20)6-15-17-11/h1-6,8H,(H,15,17)(H,16,18)(H,19,20). The summed E-state index contributed by atoms with van der Waals surface area (Å²) in [7, 11) is 0. The van der Waals surface area contributed by atoms with Crippen molar-refractivity contribution in [2.45, 2.75) is 5.92 Å². The number of fused-ring (bicyclic) bond motifs is 1. The lowest BCUT2D eigenvalue weighted by Gasteiger charge is -2.00. The van der Waals surface area contributed by atoms with E-state index in [4.69, 9.17) is 5.11 Å². The van der Waals surface area contributed by atoms with E-state index in [1.807, 2.05) is 18.2 Å². The van der Waals surface area contributed by atoms with E-state index in [0.29, 0.717) is 0 Å². The summed E-state index contributed by atoms with van der Waals surface area (Å²) < 4.78 is 0. The molecule has 0 aliphatic carbocycles.